The summed E-state index contributed by atoms with van der Waals surface area (Å²) in [6, 6.07) is 12.0. The van der Waals surface area contributed by atoms with Crippen LogP contribution in [0.25, 0.3) is 22.4 Å². The third kappa shape index (κ3) is 2.56. The third-order valence-electron chi connectivity index (χ3n) is 3.28. The van der Waals surface area contributed by atoms with E-state index in [2.05, 4.69) is 21.1 Å². The maximum absolute atomic E-state index is 13.1. The molecule has 0 saturated carbocycles. The Balaban J connectivity index is 2.16. The molecule has 21 heavy (non-hydrogen) atoms. The second-order valence-electron chi connectivity index (χ2n) is 4.74. The topological polar surface area (TPSA) is 52.0 Å². The van der Waals surface area contributed by atoms with E-state index in [9.17, 15) is 4.39 Å². The van der Waals surface area contributed by atoms with Crippen molar-refractivity contribution in [1.82, 2.24) is 5.16 Å². The Morgan fingerprint density at radius 3 is 2.43 bits per heavy atom. The van der Waals surface area contributed by atoms with E-state index in [1.54, 1.807) is 12.1 Å². The predicted octanol–water partition coefficient (Wildman–Crippen LogP) is 4.80. The van der Waals surface area contributed by atoms with E-state index in [0.29, 0.717) is 11.3 Å². The molecule has 0 aliphatic rings. The molecule has 1 heterocycles. The zero-order valence-electron chi connectivity index (χ0n) is 11.2. The molecule has 0 aliphatic heterocycles. The average molecular weight is 347 g/mol. The van der Waals surface area contributed by atoms with E-state index >= 15 is 0 Å². The van der Waals surface area contributed by atoms with Crippen LogP contribution >= 0.6 is 15.9 Å². The summed E-state index contributed by atoms with van der Waals surface area (Å²) in [6.45, 7) is 1.99. The van der Waals surface area contributed by atoms with Gasteiger partial charge in [-0.1, -0.05) is 39.3 Å². The first-order chi connectivity index (χ1) is 10.1. The molecule has 0 aliphatic carbocycles. The molecule has 106 valence electrons. The molecule has 0 amide bonds. The quantitative estimate of drug-likeness (QED) is 0.724. The minimum absolute atomic E-state index is 0.220. The lowest BCUT2D eigenvalue weighted by Gasteiger charge is -2.05. The smallest absolute Gasteiger partial charge is 0.230 e. The maximum Gasteiger partial charge on any atom is 0.230 e. The van der Waals surface area contributed by atoms with Gasteiger partial charge in [-0.25, -0.2) is 4.39 Å². The Labute approximate surface area is 129 Å². The van der Waals surface area contributed by atoms with Crippen LogP contribution in [-0.4, -0.2) is 5.16 Å². The second kappa shape index (κ2) is 5.33. The largest absolute Gasteiger partial charge is 0.367 e. The molecule has 3 aromatic rings. The molecular weight excluding hydrogens is 335 g/mol. The van der Waals surface area contributed by atoms with Gasteiger partial charge in [0.15, 0.2) is 0 Å². The molecule has 0 fully saturated rings. The Morgan fingerprint density at radius 1 is 1.10 bits per heavy atom. The van der Waals surface area contributed by atoms with Crippen LogP contribution in [0.2, 0.25) is 0 Å². The van der Waals surface area contributed by atoms with Gasteiger partial charge in [0.05, 0.1) is 5.56 Å². The summed E-state index contributed by atoms with van der Waals surface area (Å²) in [6.07, 6.45) is 0. The molecule has 3 rings (SSSR count). The highest BCUT2D eigenvalue weighted by molar-refractivity contribution is 9.10. The number of rotatable bonds is 2. The fourth-order valence-electron chi connectivity index (χ4n) is 2.19. The Morgan fingerprint density at radius 2 is 1.76 bits per heavy atom. The lowest BCUT2D eigenvalue weighted by Crippen LogP contribution is -1.89. The molecular formula is C16H12BrFN2O. The van der Waals surface area contributed by atoms with Crippen LogP contribution in [-0.2, 0) is 0 Å². The molecule has 1 aromatic heterocycles. The molecule has 0 spiro atoms. The number of nitrogens with two attached hydrogens (primary N) is 1. The van der Waals surface area contributed by atoms with Gasteiger partial charge in [-0.05, 0) is 42.3 Å². The van der Waals surface area contributed by atoms with E-state index in [1.165, 1.54) is 12.1 Å². The summed E-state index contributed by atoms with van der Waals surface area (Å²) in [5, 5.41) is 4.05. The van der Waals surface area contributed by atoms with Gasteiger partial charge in [-0.2, -0.15) is 0 Å². The third-order valence-corrected chi connectivity index (χ3v) is 4.17. The minimum atomic E-state index is -0.296. The van der Waals surface area contributed by atoms with Crippen LogP contribution in [0.1, 0.15) is 5.56 Å². The van der Waals surface area contributed by atoms with Gasteiger partial charge in [0, 0.05) is 10.0 Å². The average Bonchev–Trinajstić information content (AvgIpc) is 2.85. The van der Waals surface area contributed by atoms with Crippen LogP contribution < -0.4 is 5.73 Å². The minimum Gasteiger partial charge on any atom is -0.367 e. The zero-order chi connectivity index (χ0) is 15.0. The number of anilines is 1. The lowest BCUT2D eigenvalue weighted by molar-refractivity contribution is 0.439. The zero-order valence-corrected chi connectivity index (χ0v) is 12.8. The van der Waals surface area contributed by atoms with Crippen LogP contribution in [0.15, 0.2) is 51.5 Å². The van der Waals surface area contributed by atoms with Gasteiger partial charge >= 0.3 is 0 Å². The van der Waals surface area contributed by atoms with E-state index in [4.69, 9.17) is 10.3 Å². The first-order valence-corrected chi connectivity index (χ1v) is 7.13. The van der Waals surface area contributed by atoms with Crippen LogP contribution in [0, 0.1) is 12.7 Å². The molecule has 0 atom stereocenters. The highest BCUT2D eigenvalue weighted by Crippen LogP contribution is 2.37. The van der Waals surface area contributed by atoms with E-state index < -0.39 is 0 Å². The van der Waals surface area contributed by atoms with Crippen molar-refractivity contribution in [2.45, 2.75) is 6.92 Å². The van der Waals surface area contributed by atoms with Crippen molar-refractivity contribution in [3.05, 3.63) is 58.3 Å². The van der Waals surface area contributed by atoms with E-state index in [-0.39, 0.29) is 11.7 Å². The van der Waals surface area contributed by atoms with Crippen molar-refractivity contribution in [1.29, 1.82) is 0 Å². The lowest BCUT2D eigenvalue weighted by atomic mass is 10.00. The maximum atomic E-state index is 13.1. The summed E-state index contributed by atoms with van der Waals surface area (Å²) in [4.78, 5) is 0. The number of halogens is 2. The molecule has 3 nitrogen and oxygen atoms in total. The molecule has 0 saturated heterocycles. The summed E-state index contributed by atoms with van der Waals surface area (Å²) < 4.78 is 19.2. The van der Waals surface area contributed by atoms with Gasteiger partial charge in [-0.3, -0.25) is 0 Å². The number of benzene rings is 2. The summed E-state index contributed by atoms with van der Waals surface area (Å²) >= 11 is 3.47. The highest BCUT2D eigenvalue weighted by Gasteiger charge is 2.17. The van der Waals surface area contributed by atoms with Crippen molar-refractivity contribution >= 4 is 21.8 Å². The molecule has 5 heteroatoms. The predicted molar refractivity (Wildman–Crippen MR) is 84.2 cm³/mol. The Hall–Kier alpha value is -2.14. The molecule has 0 bridgehead atoms. The highest BCUT2D eigenvalue weighted by atomic mass is 79.9. The van der Waals surface area contributed by atoms with Crippen LogP contribution in [0.5, 0.6) is 0 Å². The SMILES string of the molecule is Cc1cc(-c2noc(N)c2-c2ccc(F)cc2)ccc1Br. The standard InChI is InChI=1S/C16H12BrFN2O/c1-9-8-11(4-7-13(9)17)15-14(16(19)21-20-15)10-2-5-12(18)6-3-10/h2-8H,19H2,1H3. The van der Waals surface area contributed by atoms with Crippen LogP contribution in [0.4, 0.5) is 10.3 Å². The fourth-order valence-corrected chi connectivity index (χ4v) is 2.43. The number of aryl methyl sites for hydroxylation is 1. The van der Waals surface area contributed by atoms with Gasteiger partial charge in [0.2, 0.25) is 5.88 Å². The van der Waals surface area contributed by atoms with Gasteiger partial charge < -0.3 is 10.3 Å². The van der Waals surface area contributed by atoms with Crippen molar-refractivity contribution in [3.8, 4) is 22.4 Å². The van der Waals surface area contributed by atoms with Crippen molar-refractivity contribution in [2.75, 3.05) is 5.73 Å². The van der Waals surface area contributed by atoms with Gasteiger partial charge in [0.1, 0.15) is 11.5 Å². The van der Waals surface area contributed by atoms with Crippen molar-refractivity contribution in [2.24, 2.45) is 0 Å². The van der Waals surface area contributed by atoms with Crippen LogP contribution in [0.3, 0.4) is 0 Å². The monoisotopic (exact) mass is 346 g/mol. The summed E-state index contributed by atoms with van der Waals surface area (Å²) in [5.74, 6) is -0.0769. The number of nitrogens with zero attached hydrogens (tertiary/aromatic N) is 1. The van der Waals surface area contributed by atoms with Gasteiger partial charge in [-0.15, -0.1) is 0 Å². The summed E-state index contributed by atoms with van der Waals surface area (Å²) in [7, 11) is 0. The second-order valence-corrected chi connectivity index (χ2v) is 5.60. The first kappa shape index (κ1) is 13.8. The fraction of sp³-hybridized carbons (Fsp3) is 0.0625. The number of hydrogen-bond donors (Lipinski definition) is 1. The first-order valence-electron chi connectivity index (χ1n) is 6.34. The molecule has 0 unspecified atom stereocenters. The normalized spacial score (nSPS) is 10.8. The summed E-state index contributed by atoms with van der Waals surface area (Å²) in [5.41, 5.74) is 9.96. The number of aromatic nitrogens is 1. The molecule has 0 radical (unpaired) electrons. The molecule has 2 N–H and O–H groups in total. The number of nitrogen functional groups attached to an aromatic ring is 1. The van der Waals surface area contributed by atoms with Crippen molar-refractivity contribution in [3.63, 3.8) is 0 Å². The Kier molecular flexibility index (Phi) is 3.51. The molecule has 2 aromatic carbocycles. The van der Waals surface area contributed by atoms with Crippen molar-refractivity contribution < 1.29 is 8.91 Å². The number of hydrogen-bond acceptors (Lipinski definition) is 3. The van der Waals surface area contributed by atoms with Gasteiger partial charge in [0.25, 0.3) is 0 Å². The Bertz CT molecular complexity index is 797. The van der Waals surface area contributed by atoms with E-state index in [0.717, 1.165) is 21.2 Å². The van der Waals surface area contributed by atoms with E-state index in [1.807, 2.05) is 25.1 Å².